The number of fused-ring (bicyclic) bond motifs is 2. The van der Waals surface area contributed by atoms with Crippen LogP contribution in [0.4, 0.5) is 5.69 Å². The standard InChI is InChI=1S/C18H18N4O2/c1-11-15-5-6-16(20-17(15)22(2)21-11)18(23)19-14-4-3-13-10-24-8-7-12(13)9-14/h3-6,9H,7-8,10H2,1-2H3,(H,19,23). The second-order valence-electron chi connectivity index (χ2n) is 6.02. The van der Waals surface area contributed by atoms with Gasteiger partial charge in [0, 0.05) is 18.1 Å². The van der Waals surface area contributed by atoms with Gasteiger partial charge in [-0.15, -0.1) is 0 Å². The zero-order valence-corrected chi connectivity index (χ0v) is 13.7. The molecule has 0 aliphatic carbocycles. The van der Waals surface area contributed by atoms with Crippen molar-refractivity contribution >= 4 is 22.6 Å². The van der Waals surface area contributed by atoms with Gasteiger partial charge in [-0.1, -0.05) is 6.07 Å². The Labute approximate surface area is 139 Å². The molecule has 4 rings (SSSR count). The van der Waals surface area contributed by atoms with E-state index >= 15 is 0 Å². The summed E-state index contributed by atoms with van der Waals surface area (Å²) in [4.78, 5) is 17.0. The number of ether oxygens (including phenoxy) is 1. The smallest absolute Gasteiger partial charge is 0.274 e. The molecule has 2 aromatic heterocycles. The third-order valence-corrected chi connectivity index (χ3v) is 4.34. The third kappa shape index (κ3) is 2.55. The normalized spacial score (nSPS) is 13.8. The van der Waals surface area contributed by atoms with Crippen molar-refractivity contribution in [2.24, 2.45) is 7.05 Å². The monoisotopic (exact) mass is 322 g/mol. The number of nitrogens with zero attached hydrogens (tertiary/aromatic N) is 3. The molecule has 1 N–H and O–H groups in total. The van der Waals surface area contributed by atoms with Gasteiger partial charge >= 0.3 is 0 Å². The number of carbonyl (C=O) groups excluding carboxylic acids is 1. The summed E-state index contributed by atoms with van der Waals surface area (Å²) in [6.45, 7) is 3.30. The molecule has 122 valence electrons. The zero-order chi connectivity index (χ0) is 16.7. The number of aromatic nitrogens is 3. The summed E-state index contributed by atoms with van der Waals surface area (Å²) in [6.07, 6.45) is 0.873. The summed E-state index contributed by atoms with van der Waals surface area (Å²) < 4.78 is 7.13. The summed E-state index contributed by atoms with van der Waals surface area (Å²) in [5.41, 5.74) is 5.19. The summed E-state index contributed by atoms with van der Waals surface area (Å²) >= 11 is 0. The average Bonchev–Trinajstić information content (AvgIpc) is 2.88. The Morgan fingerprint density at radius 1 is 1.25 bits per heavy atom. The van der Waals surface area contributed by atoms with Gasteiger partial charge in [-0.2, -0.15) is 5.10 Å². The summed E-state index contributed by atoms with van der Waals surface area (Å²) in [6, 6.07) is 9.55. The van der Waals surface area contributed by atoms with E-state index in [0.717, 1.165) is 29.8 Å². The summed E-state index contributed by atoms with van der Waals surface area (Å²) in [5.74, 6) is -0.220. The largest absolute Gasteiger partial charge is 0.376 e. The molecule has 0 bridgehead atoms. The second-order valence-corrected chi connectivity index (χ2v) is 6.02. The molecule has 0 saturated heterocycles. The van der Waals surface area contributed by atoms with Crippen LogP contribution in [-0.2, 0) is 24.8 Å². The van der Waals surface area contributed by atoms with Gasteiger partial charge in [0.15, 0.2) is 5.65 Å². The topological polar surface area (TPSA) is 69.0 Å². The molecular weight excluding hydrogens is 304 g/mol. The number of amides is 1. The van der Waals surface area contributed by atoms with Crippen molar-refractivity contribution in [3.05, 3.63) is 52.8 Å². The lowest BCUT2D eigenvalue weighted by Crippen LogP contribution is -2.15. The minimum absolute atomic E-state index is 0.220. The maximum Gasteiger partial charge on any atom is 0.274 e. The summed E-state index contributed by atoms with van der Waals surface area (Å²) in [5, 5.41) is 8.22. The predicted octanol–water partition coefficient (Wildman–Crippen LogP) is 2.60. The van der Waals surface area contributed by atoms with Crippen molar-refractivity contribution < 1.29 is 9.53 Å². The molecule has 24 heavy (non-hydrogen) atoms. The van der Waals surface area contributed by atoms with Gasteiger partial charge in [0.1, 0.15) is 5.69 Å². The van der Waals surface area contributed by atoms with Crippen LogP contribution in [0.15, 0.2) is 30.3 Å². The fourth-order valence-corrected chi connectivity index (χ4v) is 3.07. The van der Waals surface area contributed by atoms with Gasteiger partial charge < -0.3 is 10.1 Å². The van der Waals surface area contributed by atoms with E-state index < -0.39 is 0 Å². The fraction of sp³-hybridized carbons (Fsp3) is 0.278. The minimum atomic E-state index is -0.220. The number of anilines is 1. The Kier molecular flexibility index (Phi) is 3.54. The maximum absolute atomic E-state index is 12.5. The van der Waals surface area contributed by atoms with Crippen molar-refractivity contribution in [1.82, 2.24) is 14.8 Å². The molecule has 1 aliphatic heterocycles. The van der Waals surface area contributed by atoms with Gasteiger partial charge in [0.2, 0.25) is 0 Å². The van der Waals surface area contributed by atoms with Crippen molar-refractivity contribution in [3.63, 3.8) is 0 Å². The molecule has 1 amide bonds. The highest BCUT2D eigenvalue weighted by Gasteiger charge is 2.14. The zero-order valence-electron chi connectivity index (χ0n) is 13.7. The van der Waals surface area contributed by atoms with Crippen LogP contribution in [0.5, 0.6) is 0 Å². The highest BCUT2D eigenvalue weighted by atomic mass is 16.5. The number of carbonyl (C=O) groups is 1. The molecule has 0 saturated carbocycles. The van der Waals surface area contributed by atoms with Crippen LogP contribution in [-0.4, -0.2) is 27.3 Å². The van der Waals surface area contributed by atoms with Gasteiger partial charge in [-0.3, -0.25) is 9.48 Å². The molecule has 0 spiro atoms. The van der Waals surface area contributed by atoms with E-state index in [1.54, 1.807) is 10.7 Å². The number of benzene rings is 1. The van der Waals surface area contributed by atoms with Crippen LogP contribution in [0.3, 0.4) is 0 Å². The van der Waals surface area contributed by atoms with E-state index in [-0.39, 0.29) is 5.91 Å². The van der Waals surface area contributed by atoms with Crippen LogP contribution >= 0.6 is 0 Å². The molecule has 0 fully saturated rings. The first-order valence-corrected chi connectivity index (χ1v) is 7.93. The first-order chi connectivity index (χ1) is 11.6. The van der Waals surface area contributed by atoms with Crippen LogP contribution in [0.2, 0.25) is 0 Å². The number of nitrogens with one attached hydrogen (secondary N) is 1. The first kappa shape index (κ1) is 14.8. The van der Waals surface area contributed by atoms with Crippen LogP contribution in [0.25, 0.3) is 11.0 Å². The first-order valence-electron chi connectivity index (χ1n) is 7.93. The van der Waals surface area contributed by atoms with Crippen molar-refractivity contribution in [3.8, 4) is 0 Å². The van der Waals surface area contributed by atoms with E-state index in [0.29, 0.717) is 17.9 Å². The van der Waals surface area contributed by atoms with Gasteiger partial charge in [-0.25, -0.2) is 4.98 Å². The van der Waals surface area contributed by atoms with Crippen LogP contribution < -0.4 is 5.32 Å². The van der Waals surface area contributed by atoms with E-state index in [1.807, 2.05) is 38.2 Å². The summed E-state index contributed by atoms with van der Waals surface area (Å²) in [7, 11) is 1.83. The lowest BCUT2D eigenvalue weighted by molar-refractivity contribution is 0.102. The third-order valence-electron chi connectivity index (χ3n) is 4.34. The Hall–Kier alpha value is -2.73. The van der Waals surface area contributed by atoms with Gasteiger partial charge in [0.25, 0.3) is 5.91 Å². The van der Waals surface area contributed by atoms with Crippen molar-refractivity contribution in [1.29, 1.82) is 0 Å². The van der Waals surface area contributed by atoms with E-state index in [1.165, 1.54) is 11.1 Å². The van der Waals surface area contributed by atoms with Gasteiger partial charge in [0.05, 0.1) is 18.9 Å². The molecule has 1 aromatic carbocycles. The Bertz CT molecular complexity index is 946. The number of rotatable bonds is 2. The van der Waals surface area contributed by atoms with E-state index in [9.17, 15) is 4.79 Å². The van der Waals surface area contributed by atoms with Crippen LogP contribution in [0.1, 0.15) is 27.3 Å². The molecule has 6 heteroatoms. The molecule has 1 aliphatic rings. The highest BCUT2D eigenvalue weighted by Crippen LogP contribution is 2.22. The van der Waals surface area contributed by atoms with Gasteiger partial charge in [-0.05, 0) is 48.7 Å². The number of hydrogen-bond donors (Lipinski definition) is 1. The number of pyridine rings is 1. The molecule has 6 nitrogen and oxygen atoms in total. The average molecular weight is 322 g/mol. The van der Waals surface area contributed by atoms with Crippen molar-refractivity contribution in [2.75, 3.05) is 11.9 Å². The predicted molar refractivity (Wildman–Crippen MR) is 91.0 cm³/mol. The lowest BCUT2D eigenvalue weighted by atomic mass is 10.0. The molecular formula is C18H18N4O2. The Morgan fingerprint density at radius 2 is 2.12 bits per heavy atom. The molecule has 0 radical (unpaired) electrons. The molecule has 0 unspecified atom stereocenters. The van der Waals surface area contributed by atoms with E-state index in [2.05, 4.69) is 15.4 Å². The molecule has 0 atom stereocenters. The molecule has 3 heterocycles. The Morgan fingerprint density at radius 3 is 3.00 bits per heavy atom. The minimum Gasteiger partial charge on any atom is -0.376 e. The SMILES string of the molecule is Cc1nn(C)c2nc(C(=O)Nc3ccc4c(c3)CCOC4)ccc12. The molecule has 3 aromatic rings. The lowest BCUT2D eigenvalue weighted by Gasteiger charge is -2.17. The number of aryl methyl sites for hydroxylation is 2. The van der Waals surface area contributed by atoms with Crippen molar-refractivity contribution in [2.45, 2.75) is 20.0 Å². The van der Waals surface area contributed by atoms with Crippen LogP contribution in [0, 0.1) is 6.92 Å². The van der Waals surface area contributed by atoms with E-state index in [4.69, 9.17) is 4.74 Å². The second kappa shape index (κ2) is 5.72. The fourth-order valence-electron chi connectivity index (χ4n) is 3.07. The maximum atomic E-state index is 12.5. The Balaban J connectivity index is 1.61. The quantitative estimate of drug-likeness (QED) is 0.787. The number of hydrogen-bond acceptors (Lipinski definition) is 4. The highest BCUT2D eigenvalue weighted by molar-refractivity contribution is 6.04.